The minimum Gasteiger partial charge on any atom is -0.388 e. The summed E-state index contributed by atoms with van der Waals surface area (Å²) in [5.74, 6) is 0.816. The topological polar surface area (TPSA) is 23.5 Å². The van der Waals surface area contributed by atoms with E-state index >= 15 is 0 Å². The molecule has 1 aromatic heterocycles. The summed E-state index contributed by atoms with van der Waals surface area (Å²) in [5.41, 5.74) is 0. The SMILES string of the molecule is CC1CCCN(CCC(O)c2ccc(Br)s2)C1. The monoisotopic (exact) mass is 317 g/mol. The molecule has 0 aromatic carbocycles. The number of halogens is 1. The largest absolute Gasteiger partial charge is 0.388 e. The molecule has 17 heavy (non-hydrogen) atoms. The zero-order valence-electron chi connectivity index (χ0n) is 10.2. The van der Waals surface area contributed by atoms with E-state index in [-0.39, 0.29) is 6.10 Å². The van der Waals surface area contributed by atoms with Crippen molar-refractivity contribution < 1.29 is 5.11 Å². The molecule has 2 atom stereocenters. The van der Waals surface area contributed by atoms with E-state index in [0.29, 0.717) is 0 Å². The molecule has 1 aliphatic heterocycles. The van der Waals surface area contributed by atoms with Crippen molar-refractivity contribution in [3.05, 3.63) is 20.8 Å². The van der Waals surface area contributed by atoms with Gasteiger partial charge in [-0.3, -0.25) is 0 Å². The normalized spacial score (nSPS) is 23.8. The molecule has 1 fully saturated rings. The number of hydrogen-bond acceptors (Lipinski definition) is 3. The molecule has 0 amide bonds. The van der Waals surface area contributed by atoms with Gasteiger partial charge < -0.3 is 10.0 Å². The van der Waals surface area contributed by atoms with Crippen LogP contribution in [0.5, 0.6) is 0 Å². The molecule has 2 heterocycles. The second-order valence-corrected chi connectivity index (χ2v) is 7.49. The van der Waals surface area contributed by atoms with Gasteiger partial charge >= 0.3 is 0 Å². The number of nitrogens with zero attached hydrogens (tertiary/aromatic N) is 1. The molecule has 2 rings (SSSR count). The third kappa shape index (κ3) is 4.05. The lowest BCUT2D eigenvalue weighted by Crippen LogP contribution is -2.35. The van der Waals surface area contributed by atoms with Gasteiger partial charge in [-0.2, -0.15) is 0 Å². The number of piperidine rings is 1. The van der Waals surface area contributed by atoms with Crippen LogP contribution in [0.15, 0.2) is 15.9 Å². The van der Waals surface area contributed by atoms with E-state index < -0.39 is 0 Å². The van der Waals surface area contributed by atoms with Gasteiger partial charge in [0, 0.05) is 18.0 Å². The van der Waals surface area contributed by atoms with Gasteiger partial charge in [0.05, 0.1) is 9.89 Å². The van der Waals surface area contributed by atoms with Crippen LogP contribution >= 0.6 is 27.3 Å². The average molecular weight is 318 g/mol. The van der Waals surface area contributed by atoms with E-state index in [1.165, 1.54) is 25.9 Å². The first-order valence-electron chi connectivity index (χ1n) is 6.31. The van der Waals surface area contributed by atoms with Crippen molar-refractivity contribution >= 4 is 27.3 Å². The molecule has 1 saturated heterocycles. The molecular formula is C13H20BrNOS. The van der Waals surface area contributed by atoms with E-state index in [4.69, 9.17) is 0 Å². The maximum absolute atomic E-state index is 10.1. The summed E-state index contributed by atoms with van der Waals surface area (Å²) in [6, 6.07) is 4.02. The molecule has 1 aliphatic rings. The van der Waals surface area contributed by atoms with Gasteiger partial charge in [-0.1, -0.05) is 6.92 Å². The van der Waals surface area contributed by atoms with Crippen LogP contribution in [0, 0.1) is 5.92 Å². The van der Waals surface area contributed by atoms with E-state index in [1.54, 1.807) is 11.3 Å². The number of thiophene rings is 1. The van der Waals surface area contributed by atoms with Crippen LogP contribution in [0.3, 0.4) is 0 Å². The van der Waals surface area contributed by atoms with Crippen LogP contribution < -0.4 is 0 Å². The highest BCUT2D eigenvalue weighted by molar-refractivity contribution is 9.11. The summed E-state index contributed by atoms with van der Waals surface area (Å²) in [6.07, 6.45) is 3.21. The predicted octanol–water partition coefficient (Wildman–Crippen LogP) is 3.67. The number of hydrogen-bond donors (Lipinski definition) is 1. The minimum absolute atomic E-state index is 0.302. The Bertz CT molecular complexity index is 355. The summed E-state index contributed by atoms with van der Waals surface area (Å²) in [6.45, 7) is 5.73. The standard InChI is InChI=1S/C13H20BrNOS/c1-10-3-2-7-15(9-10)8-6-11(16)12-4-5-13(14)17-12/h4-5,10-11,16H,2-3,6-9H2,1H3. The van der Waals surface area contributed by atoms with E-state index in [9.17, 15) is 5.11 Å². The fourth-order valence-corrected chi connectivity index (χ4v) is 3.89. The van der Waals surface area contributed by atoms with Gasteiger partial charge in [0.25, 0.3) is 0 Å². The Morgan fingerprint density at radius 1 is 1.59 bits per heavy atom. The van der Waals surface area contributed by atoms with Crippen molar-refractivity contribution in [3.8, 4) is 0 Å². The fourth-order valence-electron chi connectivity index (χ4n) is 2.44. The molecule has 1 aromatic rings. The van der Waals surface area contributed by atoms with Gasteiger partial charge in [0.15, 0.2) is 0 Å². The van der Waals surface area contributed by atoms with Crippen molar-refractivity contribution in [1.29, 1.82) is 0 Å². The maximum Gasteiger partial charge on any atom is 0.0894 e. The molecule has 0 saturated carbocycles. The molecule has 2 nitrogen and oxygen atoms in total. The lowest BCUT2D eigenvalue weighted by atomic mass is 10.00. The van der Waals surface area contributed by atoms with Gasteiger partial charge in [0.1, 0.15) is 0 Å². The Morgan fingerprint density at radius 3 is 3.06 bits per heavy atom. The van der Waals surface area contributed by atoms with Gasteiger partial charge in [0.2, 0.25) is 0 Å². The number of aliphatic hydroxyl groups is 1. The van der Waals surface area contributed by atoms with Crippen molar-refractivity contribution in [3.63, 3.8) is 0 Å². The Balaban J connectivity index is 1.77. The smallest absolute Gasteiger partial charge is 0.0894 e. The molecule has 96 valence electrons. The first-order valence-corrected chi connectivity index (χ1v) is 7.92. The van der Waals surface area contributed by atoms with Crippen molar-refractivity contribution in [2.45, 2.75) is 32.3 Å². The number of likely N-dealkylation sites (tertiary alicyclic amines) is 1. The molecule has 2 unspecified atom stereocenters. The van der Waals surface area contributed by atoms with Crippen molar-refractivity contribution in [2.75, 3.05) is 19.6 Å². The van der Waals surface area contributed by atoms with Crippen LogP contribution in [-0.4, -0.2) is 29.6 Å². The summed E-state index contributed by atoms with van der Waals surface area (Å²) in [7, 11) is 0. The Morgan fingerprint density at radius 2 is 2.41 bits per heavy atom. The van der Waals surface area contributed by atoms with Gasteiger partial charge in [-0.15, -0.1) is 11.3 Å². The van der Waals surface area contributed by atoms with Crippen LogP contribution in [0.4, 0.5) is 0 Å². The van der Waals surface area contributed by atoms with Crippen molar-refractivity contribution in [1.82, 2.24) is 4.90 Å². The molecule has 0 bridgehead atoms. The summed E-state index contributed by atoms with van der Waals surface area (Å²) in [5, 5.41) is 10.1. The quantitative estimate of drug-likeness (QED) is 0.916. The molecule has 0 aliphatic carbocycles. The number of aliphatic hydroxyl groups excluding tert-OH is 1. The second kappa shape index (κ2) is 6.32. The average Bonchev–Trinajstić information content (AvgIpc) is 2.73. The highest BCUT2D eigenvalue weighted by atomic mass is 79.9. The highest BCUT2D eigenvalue weighted by Gasteiger charge is 2.18. The maximum atomic E-state index is 10.1. The second-order valence-electron chi connectivity index (χ2n) is 4.99. The van der Waals surface area contributed by atoms with Crippen LogP contribution in [-0.2, 0) is 0 Å². The van der Waals surface area contributed by atoms with Crippen LogP contribution in [0.25, 0.3) is 0 Å². The zero-order chi connectivity index (χ0) is 12.3. The molecule has 4 heteroatoms. The van der Waals surface area contributed by atoms with E-state index in [0.717, 1.165) is 27.5 Å². The Labute approximate surface area is 116 Å². The third-order valence-corrected chi connectivity index (χ3v) is 5.11. The first kappa shape index (κ1) is 13.5. The zero-order valence-corrected chi connectivity index (χ0v) is 12.6. The van der Waals surface area contributed by atoms with Crippen LogP contribution in [0.1, 0.15) is 37.2 Å². The molecule has 1 N–H and O–H groups in total. The minimum atomic E-state index is -0.302. The lowest BCUT2D eigenvalue weighted by molar-refractivity contribution is 0.124. The lowest BCUT2D eigenvalue weighted by Gasteiger charge is -2.31. The van der Waals surface area contributed by atoms with Crippen molar-refractivity contribution in [2.24, 2.45) is 5.92 Å². The first-order chi connectivity index (χ1) is 8.15. The van der Waals surface area contributed by atoms with E-state index in [1.807, 2.05) is 12.1 Å². The summed E-state index contributed by atoms with van der Waals surface area (Å²) >= 11 is 5.06. The third-order valence-electron chi connectivity index (χ3n) is 3.38. The van der Waals surface area contributed by atoms with Gasteiger partial charge in [-0.05, 0) is 59.8 Å². The summed E-state index contributed by atoms with van der Waals surface area (Å²) < 4.78 is 1.10. The fraction of sp³-hybridized carbons (Fsp3) is 0.692. The predicted molar refractivity (Wildman–Crippen MR) is 76.4 cm³/mol. The van der Waals surface area contributed by atoms with E-state index in [2.05, 4.69) is 27.8 Å². The summed E-state index contributed by atoms with van der Waals surface area (Å²) in [4.78, 5) is 3.56. The highest BCUT2D eigenvalue weighted by Crippen LogP contribution is 2.29. The number of rotatable bonds is 4. The van der Waals surface area contributed by atoms with Gasteiger partial charge in [-0.25, -0.2) is 0 Å². The van der Waals surface area contributed by atoms with Crippen LogP contribution in [0.2, 0.25) is 0 Å². The molecule has 0 radical (unpaired) electrons. The Kier molecular flexibility index (Phi) is 5.03. The molecule has 0 spiro atoms. The Hall–Kier alpha value is 0.1000. The molecular weight excluding hydrogens is 298 g/mol.